The first kappa shape index (κ1) is 17.3. The summed E-state index contributed by atoms with van der Waals surface area (Å²) in [5, 5.41) is 3.29. The van der Waals surface area contributed by atoms with Crippen LogP contribution in [0.15, 0.2) is 30.3 Å². The first-order chi connectivity index (χ1) is 10.3. The standard InChI is InChI=1S/C17H24N2O2.ClH/c1-13-16(18-9-12-21-13)17(20)19-10-7-15(8-11-19)14-5-3-2-4-6-14;/h2-6,13,15-16,18H,7-12H2,1H3;1H/t13-,16+;/m1./s1. The molecule has 1 aromatic carbocycles. The third-order valence-electron chi connectivity index (χ3n) is 4.66. The van der Waals surface area contributed by atoms with Gasteiger partial charge in [0, 0.05) is 19.6 Å². The Hall–Kier alpha value is -1.10. The maximum absolute atomic E-state index is 12.6. The number of morpholine rings is 1. The van der Waals surface area contributed by atoms with Gasteiger partial charge in [-0.1, -0.05) is 30.3 Å². The van der Waals surface area contributed by atoms with Gasteiger partial charge in [-0.15, -0.1) is 12.4 Å². The van der Waals surface area contributed by atoms with E-state index < -0.39 is 0 Å². The Labute approximate surface area is 138 Å². The highest BCUT2D eigenvalue weighted by atomic mass is 35.5. The number of nitrogens with one attached hydrogen (secondary N) is 1. The van der Waals surface area contributed by atoms with E-state index in [2.05, 4.69) is 35.6 Å². The molecule has 1 amide bonds. The van der Waals surface area contributed by atoms with Crippen LogP contribution in [0.2, 0.25) is 0 Å². The molecule has 122 valence electrons. The molecule has 5 heteroatoms. The van der Waals surface area contributed by atoms with Crippen LogP contribution in [0, 0.1) is 0 Å². The second-order valence-corrected chi connectivity index (χ2v) is 6.02. The van der Waals surface area contributed by atoms with Crippen LogP contribution in [0.3, 0.4) is 0 Å². The van der Waals surface area contributed by atoms with Crippen molar-refractivity contribution in [3.05, 3.63) is 35.9 Å². The number of piperidine rings is 1. The van der Waals surface area contributed by atoms with E-state index in [-0.39, 0.29) is 30.5 Å². The van der Waals surface area contributed by atoms with Crippen LogP contribution in [0.25, 0.3) is 0 Å². The Morgan fingerprint density at radius 3 is 2.55 bits per heavy atom. The summed E-state index contributed by atoms with van der Waals surface area (Å²) < 4.78 is 5.58. The van der Waals surface area contributed by atoms with Crippen LogP contribution >= 0.6 is 12.4 Å². The maximum Gasteiger partial charge on any atom is 0.242 e. The van der Waals surface area contributed by atoms with Crippen molar-refractivity contribution in [2.24, 2.45) is 0 Å². The summed E-state index contributed by atoms with van der Waals surface area (Å²) in [5.74, 6) is 0.789. The predicted octanol–water partition coefficient (Wildman–Crippen LogP) is 2.19. The van der Waals surface area contributed by atoms with Crippen LogP contribution in [0.5, 0.6) is 0 Å². The zero-order valence-electron chi connectivity index (χ0n) is 13.0. The minimum absolute atomic E-state index is 0. The lowest BCUT2D eigenvalue weighted by Crippen LogP contribution is -2.57. The van der Waals surface area contributed by atoms with Crippen molar-refractivity contribution in [2.45, 2.75) is 37.8 Å². The average Bonchev–Trinajstić information content (AvgIpc) is 2.56. The van der Waals surface area contributed by atoms with E-state index >= 15 is 0 Å². The van der Waals surface area contributed by atoms with Gasteiger partial charge in [0.25, 0.3) is 0 Å². The second kappa shape index (κ2) is 7.95. The summed E-state index contributed by atoms with van der Waals surface area (Å²) in [6, 6.07) is 10.5. The van der Waals surface area contributed by atoms with E-state index in [1.165, 1.54) is 5.56 Å². The number of hydrogen-bond acceptors (Lipinski definition) is 3. The van der Waals surface area contributed by atoms with Crippen LogP contribution in [0.4, 0.5) is 0 Å². The number of carbonyl (C=O) groups excluding carboxylic acids is 1. The Kier molecular flexibility index (Phi) is 6.24. The summed E-state index contributed by atoms with van der Waals surface area (Å²) in [7, 11) is 0. The van der Waals surface area contributed by atoms with E-state index in [0.717, 1.165) is 32.5 Å². The molecule has 0 saturated carbocycles. The molecule has 0 bridgehead atoms. The highest BCUT2D eigenvalue weighted by Gasteiger charge is 2.33. The fourth-order valence-corrected chi connectivity index (χ4v) is 3.36. The van der Waals surface area contributed by atoms with E-state index in [9.17, 15) is 4.79 Å². The zero-order valence-corrected chi connectivity index (χ0v) is 13.8. The van der Waals surface area contributed by atoms with Gasteiger partial charge in [0.15, 0.2) is 0 Å². The van der Waals surface area contributed by atoms with E-state index in [1.54, 1.807) is 0 Å². The van der Waals surface area contributed by atoms with Crippen molar-refractivity contribution in [3.63, 3.8) is 0 Å². The quantitative estimate of drug-likeness (QED) is 0.906. The molecule has 1 aromatic rings. The number of carbonyl (C=O) groups is 1. The van der Waals surface area contributed by atoms with Gasteiger partial charge >= 0.3 is 0 Å². The molecule has 0 radical (unpaired) electrons. The summed E-state index contributed by atoms with van der Waals surface area (Å²) in [6.45, 7) is 5.14. The molecular weight excluding hydrogens is 300 g/mol. The SMILES string of the molecule is C[C@H]1OCCN[C@@H]1C(=O)N1CCC(c2ccccc2)CC1.Cl. The average molecular weight is 325 g/mol. The summed E-state index contributed by atoms with van der Waals surface area (Å²) in [4.78, 5) is 14.6. The first-order valence-corrected chi connectivity index (χ1v) is 7.94. The Morgan fingerprint density at radius 1 is 1.23 bits per heavy atom. The molecule has 0 aromatic heterocycles. The van der Waals surface area contributed by atoms with Crippen molar-refractivity contribution in [1.29, 1.82) is 0 Å². The largest absolute Gasteiger partial charge is 0.375 e. The molecule has 3 rings (SSSR count). The second-order valence-electron chi connectivity index (χ2n) is 6.02. The van der Waals surface area contributed by atoms with Gasteiger partial charge in [-0.2, -0.15) is 0 Å². The normalized spacial score (nSPS) is 26.3. The molecule has 1 N–H and O–H groups in total. The highest BCUT2D eigenvalue weighted by Crippen LogP contribution is 2.28. The number of nitrogens with zero attached hydrogens (tertiary/aromatic N) is 1. The number of hydrogen-bond donors (Lipinski definition) is 1. The fraction of sp³-hybridized carbons (Fsp3) is 0.588. The number of ether oxygens (including phenoxy) is 1. The van der Waals surface area contributed by atoms with Gasteiger partial charge < -0.3 is 15.0 Å². The Balaban J connectivity index is 0.00000176. The molecule has 2 atom stereocenters. The van der Waals surface area contributed by atoms with Gasteiger partial charge in [0.2, 0.25) is 5.91 Å². The fourth-order valence-electron chi connectivity index (χ4n) is 3.36. The summed E-state index contributed by atoms with van der Waals surface area (Å²) in [5.41, 5.74) is 1.40. The molecule has 22 heavy (non-hydrogen) atoms. The molecule has 4 nitrogen and oxygen atoms in total. The topological polar surface area (TPSA) is 41.6 Å². The minimum atomic E-state index is -0.174. The molecule has 0 aliphatic carbocycles. The van der Waals surface area contributed by atoms with E-state index in [1.807, 2.05) is 11.8 Å². The lowest BCUT2D eigenvalue weighted by Gasteiger charge is -2.37. The van der Waals surface area contributed by atoms with E-state index in [0.29, 0.717) is 12.5 Å². The molecular formula is C17H25ClN2O2. The minimum Gasteiger partial charge on any atom is -0.375 e. The highest BCUT2D eigenvalue weighted by molar-refractivity contribution is 5.85. The van der Waals surface area contributed by atoms with Gasteiger partial charge in [-0.05, 0) is 31.2 Å². The van der Waals surface area contributed by atoms with Crippen LogP contribution in [0.1, 0.15) is 31.2 Å². The summed E-state index contributed by atoms with van der Waals surface area (Å²) in [6.07, 6.45) is 2.08. The van der Waals surface area contributed by atoms with Crippen LogP contribution < -0.4 is 5.32 Å². The Bertz CT molecular complexity index is 475. The zero-order chi connectivity index (χ0) is 14.7. The molecule has 2 aliphatic heterocycles. The van der Waals surface area contributed by atoms with Crippen molar-refractivity contribution in [2.75, 3.05) is 26.2 Å². The number of rotatable bonds is 2. The van der Waals surface area contributed by atoms with Crippen LogP contribution in [-0.2, 0) is 9.53 Å². The molecule has 2 saturated heterocycles. The lowest BCUT2D eigenvalue weighted by molar-refractivity contribution is -0.140. The number of halogens is 1. The summed E-state index contributed by atoms with van der Waals surface area (Å²) >= 11 is 0. The van der Waals surface area contributed by atoms with Gasteiger partial charge in [0.1, 0.15) is 6.04 Å². The van der Waals surface area contributed by atoms with Crippen molar-refractivity contribution in [3.8, 4) is 0 Å². The van der Waals surface area contributed by atoms with Crippen LogP contribution in [-0.4, -0.2) is 49.2 Å². The maximum atomic E-state index is 12.6. The molecule has 2 fully saturated rings. The Morgan fingerprint density at radius 2 is 1.91 bits per heavy atom. The number of benzene rings is 1. The third-order valence-corrected chi connectivity index (χ3v) is 4.66. The lowest BCUT2D eigenvalue weighted by atomic mass is 9.89. The smallest absolute Gasteiger partial charge is 0.242 e. The number of amides is 1. The molecule has 2 heterocycles. The molecule has 2 aliphatic rings. The monoisotopic (exact) mass is 324 g/mol. The molecule has 0 unspecified atom stereocenters. The van der Waals surface area contributed by atoms with Gasteiger partial charge in [0.05, 0.1) is 12.7 Å². The van der Waals surface area contributed by atoms with Crippen molar-refractivity contribution < 1.29 is 9.53 Å². The first-order valence-electron chi connectivity index (χ1n) is 7.94. The van der Waals surface area contributed by atoms with E-state index in [4.69, 9.17) is 4.74 Å². The van der Waals surface area contributed by atoms with Gasteiger partial charge in [-0.3, -0.25) is 4.79 Å². The van der Waals surface area contributed by atoms with Crippen molar-refractivity contribution in [1.82, 2.24) is 10.2 Å². The predicted molar refractivity (Wildman–Crippen MR) is 89.4 cm³/mol. The number of likely N-dealkylation sites (tertiary alicyclic amines) is 1. The third kappa shape index (κ3) is 3.80. The van der Waals surface area contributed by atoms with Crippen molar-refractivity contribution >= 4 is 18.3 Å². The van der Waals surface area contributed by atoms with Gasteiger partial charge in [-0.25, -0.2) is 0 Å². The molecule has 0 spiro atoms.